The summed E-state index contributed by atoms with van der Waals surface area (Å²) in [5.74, 6) is -0.134. The van der Waals surface area contributed by atoms with Crippen LogP contribution >= 0.6 is 0 Å². The molecule has 3 aliphatic heterocycles. The maximum atomic E-state index is 12.9. The lowest BCUT2D eigenvalue weighted by Gasteiger charge is -2.31. The Morgan fingerprint density at radius 1 is 0.940 bits per heavy atom. The van der Waals surface area contributed by atoms with Crippen LogP contribution in [0.3, 0.4) is 0 Å². The second kappa shape index (κ2) is 13.2. The van der Waals surface area contributed by atoms with Gasteiger partial charge in [0, 0.05) is 69.9 Å². The molecule has 0 bridgehead atoms. The standard InChI is InChI=1S/C36H41N11O3/c1-37-35(49)32-29(17-31(42-43-32)41-34(48)22-11-12-22)40-27-9-6-8-25-26-18-38-47(30(26)21-44(2)33(25)27)24-13-16-45(20-24)19-23-7-5-10-28(39-23)36(50)46-14-3-4-15-46/h5-10,17-18,22,24H,3-4,11-16,19-21H2,1-2H3,(H,37,49)(H2,40,41,42,48)/t24-/m1/s1. The van der Waals surface area contributed by atoms with Crippen molar-refractivity contribution in [1.82, 2.24) is 40.1 Å². The summed E-state index contributed by atoms with van der Waals surface area (Å²) in [5.41, 5.74) is 7.06. The number of para-hydroxylation sites is 1. The quantitative estimate of drug-likeness (QED) is 0.239. The zero-order valence-electron chi connectivity index (χ0n) is 28.4. The first kappa shape index (κ1) is 31.9. The largest absolute Gasteiger partial charge is 0.366 e. The molecule has 258 valence electrons. The van der Waals surface area contributed by atoms with Gasteiger partial charge in [-0.2, -0.15) is 5.10 Å². The van der Waals surface area contributed by atoms with Gasteiger partial charge in [0.2, 0.25) is 5.91 Å². The normalized spacial score (nSPS) is 18.5. The number of nitrogens with zero attached hydrogens (tertiary/aromatic N) is 8. The highest BCUT2D eigenvalue weighted by Crippen LogP contribution is 2.45. The Morgan fingerprint density at radius 2 is 1.76 bits per heavy atom. The molecule has 0 unspecified atom stereocenters. The van der Waals surface area contributed by atoms with Crippen molar-refractivity contribution in [2.24, 2.45) is 5.92 Å². The van der Waals surface area contributed by atoms with Crippen LogP contribution in [0, 0.1) is 5.92 Å². The number of likely N-dealkylation sites (tertiary alicyclic amines) is 2. The van der Waals surface area contributed by atoms with Gasteiger partial charge in [0.05, 0.1) is 47.2 Å². The third-order valence-electron chi connectivity index (χ3n) is 10.1. The van der Waals surface area contributed by atoms with Crippen molar-refractivity contribution in [2.75, 3.05) is 55.8 Å². The van der Waals surface area contributed by atoms with E-state index < -0.39 is 0 Å². The molecule has 1 aromatic carbocycles. The van der Waals surface area contributed by atoms with E-state index in [0.717, 1.165) is 92.2 Å². The second-order valence-electron chi connectivity index (χ2n) is 13.7. The first-order valence-electron chi connectivity index (χ1n) is 17.4. The summed E-state index contributed by atoms with van der Waals surface area (Å²) in [6.45, 7) is 4.73. The van der Waals surface area contributed by atoms with Crippen molar-refractivity contribution in [3.8, 4) is 11.1 Å². The van der Waals surface area contributed by atoms with E-state index in [9.17, 15) is 14.4 Å². The van der Waals surface area contributed by atoms with Gasteiger partial charge in [0.25, 0.3) is 11.8 Å². The van der Waals surface area contributed by atoms with Crippen molar-refractivity contribution < 1.29 is 14.4 Å². The number of nitrogens with one attached hydrogen (secondary N) is 3. The zero-order chi connectivity index (χ0) is 34.4. The van der Waals surface area contributed by atoms with E-state index in [4.69, 9.17) is 10.1 Å². The maximum absolute atomic E-state index is 12.9. The van der Waals surface area contributed by atoms with Gasteiger partial charge in [-0.05, 0) is 50.3 Å². The molecule has 4 aromatic rings. The average Bonchev–Trinajstić information content (AvgIpc) is 3.44. The summed E-state index contributed by atoms with van der Waals surface area (Å²) in [7, 11) is 3.60. The molecule has 3 N–H and O–H groups in total. The van der Waals surface area contributed by atoms with E-state index >= 15 is 0 Å². The summed E-state index contributed by atoms with van der Waals surface area (Å²) < 4.78 is 2.18. The number of benzene rings is 1. The minimum Gasteiger partial charge on any atom is -0.366 e. The number of anilines is 4. The fourth-order valence-corrected chi connectivity index (χ4v) is 7.37. The van der Waals surface area contributed by atoms with Crippen LogP contribution in [0.1, 0.15) is 70.5 Å². The van der Waals surface area contributed by atoms with Crippen LogP contribution < -0.4 is 20.9 Å². The molecule has 4 aliphatic rings. The van der Waals surface area contributed by atoms with Gasteiger partial charge in [-0.1, -0.05) is 18.2 Å². The highest BCUT2D eigenvalue weighted by atomic mass is 16.2. The number of hydrogen-bond acceptors (Lipinski definition) is 10. The van der Waals surface area contributed by atoms with Gasteiger partial charge in [0.1, 0.15) is 5.69 Å². The molecule has 6 heterocycles. The molecule has 0 radical (unpaired) electrons. The van der Waals surface area contributed by atoms with Crippen molar-refractivity contribution in [3.05, 3.63) is 71.4 Å². The Balaban J connectivity index is 1.01. The van der Waals surface area contributed by atoms with E-state index in [2.05, 4.69) is 53.7 Å². The van der Waals surface area contributed by atoms with Gasteiger partial charge >= 0.3 is 0 Å². The summed E-state index contributed by atoms with van der Waals surface area (Å²) in [6.07, 6.45) is 6.78. The summed E-state index contributed by atoms with van der Waals surface area (Å²) in [4.78, 5) is 49.3. The number of aromatic nitrogens is 5. The van der Waals surface area contributed by atoms with Crippen molar-refractivity contribution in [1.29, 1.82) is 0 Å². The van der Waals surface area contributed by atoms with Gasteiger partial charge in [-0.15, -0.1) is 10.2 Å². The van der Waals surface area contributed by atoms with Gasteiger partial charge < -0.3 is 25.8 Å². The Kier molecular flexibility index (Phi) is 8.39. The summed E-state index contributed by atoms with van der Waals surface area (Å²) in [5, 5.41) is 22.1. The Bertz CT molecular complexity index is 1970. The summed E-state index contributed by atoms with van der Waals surface area (Å²) in [6, 6.07) is 13.7. The minimum absolute atomic E-state index is 0.00884. The van der Waals surface area contributed by atoms with Crippen molar-refractivity contribution in [3.63, 3.8) is 0 Å². The maximum Gasteiger partial charge on any atom is 0.273 e. The number of carbonyl (C=O) groups is 3. The topological polar surface area (TPSA) is 154 Å². The highest BCUT2D eigenvalue weighted by Gasteiger charge is 2.33. The van der Waals surface area contributed by atoms with Crippen molar-refractivity contribution in [2.45, 2.75) is 51.2 Å². The molecule has 50 heavy (non-hydrogen) atoms. The van der Waals surface area contributed by atoms with Crippen LogP contribution in [-0.2, 0) is 17.9 Å². The third kappa shape index (κ3) is 6.15. The zero-order valence-corrected chi connectivity index (χ0v) is 28.4. The Labute approximate surface area is 290 Å². The predicted molar refractivity (Wildman–Crippen MR) is 188 cm³/mol. The van der Waals surface area contributed by atoms with Crippen LogP contribution in [0.4, 0.5) is 22.9 Å². The highest BCUT2D eigenvalue weighted by molar-refractivity contribution is 6.01. The number of hydrogen-bond donors (Lipinski definition) is 3. The molecular formula is C36H41N11O3. The lowest BCUT2D eigenvalue weighted by Crippen LogP contribution is -2.29. The number of fused-ring (bicyclic) bond motifs is 3. The molecule has 1 saturated carbocycles. The Morgan fingerprint density at radius 3 is 2.56 bits per heavy atom. The molecule has 1 aliphatic carbocycles. The molecule has 2 saturated heterocycles. The fourth-order valence-electron chi connectivity index (χ4n) is 7.37. The first-order chi connectivity index (χ1) is 24.4. The molecule has 3 fully saturated rings. The van der Waals surface area contributed by atoms with E-state index in [1.54, 1.807) is 13.1 Å². The van der Waals surface area contributed by atoms with E-state index in [1.807, 2.05) is 41.4 Å². The van der Waals surface area contributed by atoms with Gasteiger partial charge in [-0.25, -0.2) is 4.98 Å². The van der Waals surface area contributed by atoms with E-state index in [1.165, 1.54) is 0 Å². The number of amides is 3. The van der Waals surface area contributed by atoms with Crippen LogP contribution in [-0.4, -0.2) is 92.8 Å². The molecule has 14 heteroatoms. The predicted octanol–water partition coefficient (Wildman–Crippen LogP) is 3.82. The minimum atomic E-state index is -0.383. The average molecular weight is 676 g/mol. The second-order valence-corrected chi connectivity index (χ2v) is 13.7. The van der Waals surface area contributed by atoms with Crippen LogP contribution in [0.15, 0.2) is 48.7 Å². The number of rotatable bonds is 9. The molecule has 8 rings (SSSR count). The molecule has 14 nitrogen and oxygen atoms in total. The van der Waals surface area contributed by atoms with E-state index in [0.29, 0.717) is 30.3 Å². The van der Waals surface area contributed by atoms with E-state index in [-0.39, 0.29) is 35.4 Å². The SMILES string of the molecule is CNC(=O)c1nnc(NC(=O)C2CC2)cc1Nc1cccc2c1N(C)Cc1c-2cnn1[C@@H]1CCN(Cc2cccc(C(=O)N3CCCC3)n2)C1. The molecule has 0 spiro atoms. The molecule has 1 atom stereocenters. The number of pyridine rings is 1. The third-order valence-corrected chi connectivity index (χ3v) is 10.1. The lowest BCUT2D eigenvalue weighted by molar-refractivity contribution is -0.117. The number of carbonyl (C=O) groups excluding carboxylic acids is 3. The molecule has 3 amide bonds. The molecule has 3 aromatic heterocycles. The fraction of sp³-hybridized carbons (Fsp3) is 0.417. The smallest absolute Gasteiger partial charge is 0.273 e. The van der Waals surface area contributed by atoms with Crippen LogP contribution in [0.2, 0.25) is 0 Å². The van der Waals surface area contributed by atoms with Crippen LogP contribution in [0.5, 0.6) is 0 Å². The van der Waals surface area contributed by atoms with Gasteiger partial charge in [-0.3, -0.25) is 24.0 Å². The van der Waals surface area contributed by atoms with Crippen LogP contribution in [0.25, 0.3) is 11.1 Å². The van der Waals surface area contributed by atoms with Gasteiger partial charge in [0.15, 0.2) is 11.5 Å². The monoisotopic (exact) mass is 675 g/mol. The Hall–Kier alpha value is -5.37. The summed E-state index contributed by atoms with van der Waals surface area (Å²) >= 11 is 0. The molecular weight excluding hydrogens is 634 g/mol. The lowest BCUT2D eigenvalue weighted by atomic mass is 9.97. The first-order valence-corrected chi connectivity index (χ1v) is 17.4. The van der Waals surface area contributed by atoms with Crippen molar-refractivity contribution >= 4 is 40.6 Å².